The van der Waals surface area contributed by atoms with Gasteiger partial charge in [-0.1, -0.05) is 11.6 Å². The summed E-state index contributed by atoms with van der Waals surface area (Å²) in [6, 6.07) is 1.56. The van der Waals surface area contributed by atoms with E-state index in [2.05, 4.69) is 9.88 Å². The summed E-state index contributed by atoms with van der Waals surface area (Å²) in [7, 11) is 4.70. The van der Waals surface area contributed by atoms with Crippen LogP contribution in [0.3, 0.4) is 0 Å². The molecule has 2 heterocycles. The first kappa shape index (κ1) is 16.1. The summed E-state index contributed by atoms with van der Waals surface area (Å²) < 4.78 is 9.98. The third-order valence-corrected chi connectivity index (χ3v) is 4.80. The molecule has 2 aliphatic rings. The highest BCUT2D eigenvalue weighted by atomic mass is 35.5. The van der Waals surface area contributed by atoms with Crippen molar-refractivity contribution >= 4 is 23.3 Å². The van der Waals surface area contributed by atoms with Crippen molar-refractivity contribution in [3.63, 3.8) is 0 Å². The number of rotatable bonds is 2. The predicted octanol–water partition coefficient (Wildman–Crippen LogP) is 1.94. The second kappa shape index (κ2) is 5.69. The number of methoxy groups -OCH3 is 2. The number of aliphatic hydroxyl groups is 1. The van der Waals surface area contributed by atoms with Crippen LogP contribution >= 0.6 is 11.6 Å². The summed E-state index contributed by atoms with van der Waals surface area (Å²) in [4.78, 5) is 18.6. The predicted molar refractivity (Wildman–Crippen MR) is 85.1 cm³/mol. The van der Waals surface area contributed by atoms with Gasteiger partial charge in [0.05, 0.1) is 14.2 Å². The molecular formula is C16H19ClN2O4. The summed E-state index contributed by atoms with van der Waals surface area (Å²) in [6.45, 7) is 0.886. The van der Waals surface area contributed by atoms with Gasteiger partial charge >= 0.3 is 5.97 Å². The number of halogens is 1. The summed E-state index contributed by atoms with van der Waals surface area (Å²) >= 11 is 6.37. The molecule has 0 bridgehead atoms. The van der Waals surface area contributed by atoms with Gasteiger partial charge in [0.25, 0.3) is 0 Å². The third kappa shape index (κ3) is 2.37. The highest BCUT2D eigenvalue weighted by Gasteiger charge is 2.48. The Kier molecular flexibility index (Phi) is 3.98. The lowest BCUT2D eigenvalue weighted by atomic mass is 9.75. The average molecular weight is 339 g/mol. The fourth-order valence-electron chi connectivity index (χ4n) is 3.47. The molecule has 0 fully saturated rings. The van der Waals surface area contributed by atoms with E-state index in [1.165, 1.54) is 14.2 Å². The zero-order valence-corrected chi connectivity index (χ0v) is 14.1. The minimum Gasteiger partial charge on any atom is -0.481 e. The normalized spacial score (nSPS) is 23.3. The van der Waals surface area contributed by atoms with E-state index >= 15 is 0 Å². The molecule has 0 aromatic carbocycles. The van der Waals surface area contributed by atoms with E-state index < -0.39 is 11.6 Å². The van der Waals surface area contributed by atoms with Gasteiger partial charge < -0.3 is 19.5 Å². The fourth-order valence-corrected chi connectivity index (χ4v) is 3.75. The van der Waals surface area contributed by atoms with Crippen LogP contribution in [0.4, 0.5) is 0 Å². The van der Waals surface area contributed by atoms with Crippen molar-refractivity contribution in [2.45, 2.75) is 24.9 Å². The molecule has 0 amide bonds. The van der Waals surface area contributed by atoms with E-state index in [1.54, 1.807) is 6.07 Å². The second-order valence-corrected chi connectivity index (χ2v) is 6.24. The smallest absolute Gasteiger partial charge is 0.342 e. The Bertz CT molecular complexity index is 704. The molecule has 124 valence electrons. The number of ether oxygens (including phenoxy) is 2. The summed E-state index contributed by atoms with van der Waals surface area (Å²) in [5.74, 6) is -0.457. The molecule has 7 heteroatoms. The SMILES string of the molecule is COC(=O)C1(O)CC2=C(c3c1cc(OC)nc3Cl)N(C)CCC2. The van der Waals surface area contributed by atoms with Crippen LogP contribution in [0.1, 0.15) is 30.4 Å². The zero-order valence-electron chi connectivity index (χ0n) is 13.4. The second-order valence-electron chi connectivity index (χ2n) is 5.88. The van der Waals surface area contributed by atoms with Crippen LogP contribution in [-0.4, -0.2) is 48.8 Å². The highest BCUT2D eigenvalue weighted by Crippen LogP contribution is 2.48. The lowest BCUT2D eigenvalue weighted by Crippen LogP contribution is -2.43. The molecule has 0 radical (unpaired) electrons. The summed E-state index contributed by atoms with van der Waals surface area (Å²) in [6.07, 6.45) is 1.96. The first-order valence-electron chi connectivity index (χ1n) is 7.41. The number of hydrogen-bond acceptors (Lipinski definition) is 6. The molecule has 0 saturated heterocycles. The standard InChI is InChI=1S/C16H19ClN2O4/c1-19-6-4-5-9-8-16(21,15(20)23-3)10-7-11(22-2)18-14(17)12(10)13(9)19/h7,21H,4-6,8H2,1-3H3. The van der Waals surface area contributed by atoms with E-state index in [9.17, 15) is 9.90 Å². The van der Waals surface area contributed by atoms with Crippen LogP contribution in [0, 0.1) is 0 Å². The maximum absolute atomic E-state index is 12.3. The van der Waals surface area contributed by atoms with Crippen molar-refractivity contribution in [2.24, 2.45) is 0 Å². The Morgan fingerprint density at radius 3 is 2.87 bits per heavy atom. The van der Waals surface area contributed by atoms with E-state index in [1.807, 2.05) is 7.05 Å². The lowest BCUT2D eigenvalue weighted by molar-refractivity contribution is -0.163. The molecule has 1 aliphatic carbocycles. The Hall–Kier alpha value is -1.79. The maximum Gasteiger partial charge on any atom is 0.342 e. The van der Waals surface area contributed by atoms with Gasteiger partial charge in [0.15, 0.2) is 5.60 Å². The van der Waals surface area contributed by atoms with E-state index in [-0.39, 0.29) is 17.5 Å². The van der Waals surface area contributed by atoms with Gasteiger partial charge in [0, 0.05) is 42.9 Å². The number of esters is 1. The molecule has 23 heavy (non-hydrogen) atoms. The average Bonchev–Trinajstić information content (AvgIpc) is 2.54. The van der Waals surface area contributed by atoms with Crippen molar-refractivity contribution < 1.29 is 19.4 Å². The number of carbonyl (C=O) groups excluding carboxylic acids is 1. The molecule has 3 rings (SSSR count). The molecule has 1 unspecified atom stereocenters. The summed E-state index contributed by atoms with van der Waals surface area (Å²) in [5.41, 5.74) is 1.13. The zero-order chi connectivity index (χ0) is 16.8. The monoisotopic (exact) mass is 338 g/mol. The van der Waals surface area contributed by atoms with Crippen molar-refractivity contribution in [1.82, 2.24) is 9.88 Å². The lowest BCUT2D eigenvalue weighted by Gasteiger charge is -2.40. The number of aromatic nitrogens is 1. The van der Waals surface area contributed by atoms with Crippen LogP contribution in [0.2, 0.25) is 5.15 Å². The van der Waals surface area contributed by atoms with Gasteiger partial charge in [0.1, 0.15) is 5.15 Å². The van der Waals surface area contributed by atoms with Crippen LogP contribution in [0.25, 0.3) is 5.70 Å². The third-order valence-electron chi connectivity index (χ3n) is 4.52. The fraction of sp³-hybridized carbons (Fsp3) is 0.500. The van der Waals surface area contributed by atoms with Crippen LogP contribution in [-0.2, 0) is 15.1 Å². The van der Waals surface area contributed by atoms with Crippen molar-refractivity contribution in [3.8, 4) is 5.88 Å². The van der Waals surface area contributed by atoms with Crippen molar-refractivity contribution in [1.29, 1.82) is 0 Å². The molecule has 1 aliphatic heterocycles. The van der Waals surface area contributed by atoms with Gasteiger partial charge in [-0.25, -0.2) is 9.78 Å². The molecule has 1 N–H and O–H groups in total. The van der Waals surface area contributed by atoms with E-state index in [4.69, 9.17) is 21.1 Å². The maximum atomic E-state index is 12.3. The molecule has 1 aromatic heterocycles. The Morgan fingerprint density at radius 1 is 1.48 bits per heavy atom. The van der Waals surface area contributed by atoms with Crippen LogP contribution in [0.5, 0.6) is 5.88 Å². The van der Waals surface area contributed by atoms with Gasteiger partial charge in [-0.3, -0.25) is 0 Å². The number of nitrogens with zero attached hydrogens (tertiary/aromatic N) is 2. The van der Waals surface area contributed by atoms with Gasteiger partial charge in [-0.15, -0.1) is 0 Å². The number of hydrogen-bond donors (Lipinski definition) is 1. The molecule has 0 spiro atoms. The quantitative estimate of drug-likeness (QED) is 0.656. The number of carbonyl (C=O) groups is 1. The molecule has 1 atom stereocenters. The summed E-state index contributed by atoms with van der Waals surface area (Å²) in [5, 5.41) is 11.3. The molecular weight excluding hydrogens is 320 g/mol. The highest BCUT2D eigenvalue weighted by molar-refractivity contribution is 6.31. The first-order chi connectivity index (χ1) is 10.9. The molecule has 0 saturated carbocycles. The van der Waals surface area contributed by atoms with Crippen LogP contribution < -0.4 is 4.74 Å². The van der Waals surface area contributed by atoms with Crippen LogP contribution in [0.15, 0.2) is 11.6 Å². The minimum absolute atomic E-state index is 0.190. The molecule has 1 aromatic rings. The molecule has 6 nitrogen and oxygen atoms in total. The van der Waals surface area contributed by atoms with Crippen molar-refractivity contribution in [3.05, 3.63) is 27.9 Å². The minimum atomic E-state index is -1.78. The number of fused-ring (bicyclic) bond motifs is 2. The van der Waals surface area contributed by atoms with Gasteiger partial charge in [-0.2, -0.15) is 0 Å². The van der Waals surface area contributed by atoms with E-state index in [0.29, 0.717) is 11.1 Å². The first-order valence-corrected chi connectivity index (χ1v) is 7.79. The number of pyridine rings is 1. The largest absolute Gasteiger partial charge is 0.481 e. The van der Waals surface area contributed by atoms with E-state index in [0.717, 1.165) is 30.7 Å². The van der Waals surface area contributed by atoms with Gasteiger partial charge in [-0.05, 0) is 18.4 Å². The van der Waals surface area contributed by atoms with Gasteiger partial charge in [0.2, 0.25) is 5.88 Å². The Morgan fingerprint density at radius 2 is 2.22 bits per heavy atom. The Balaban J connectivity index is 2.31. The Labute approximate surface area is 139 Å². The van der Waals surface area contributed by atoms with Crippen molar-refractivity contribution in [2.75, 3.05) is 27.8 Å². The topological polar surface area (TPSA) is 71.9 Å².